The second kappa shape index (κ2) is 7.20. The normalized spacial score (nSPS) is 14.2. The molecule has 0 radical (unpaired) electrons. The first-order valence-corrected chi connectivity index (χ1v) is 7.34. The fourth-order valence-corrected chi connectivity index (χ4v) is 2.54. The van der Waals surface area contributed by atoms with Gasteiger partial charge in [0.15, 0.2) is 0 Å². The highest BCUT2D eigenvalue weighted by Gasteiger charge is 2.19. The predicted molar refractivity (Wildman–Crippen MR) is 81.3 cm³/mol. The quantitative estimate of drug-likeness (QED) is 0.842. The minimum absolute atomic E-state index is 0.359. The molecule has 0 saturated carbocycles. The van der Waals surface area contributed by atoms with E-state index < -0.39 is 0 Å². The van der Waals surface area contributed by atoms with E-state index in [9.17, 15) is 0 Å². The zero-order valence-corrected chi connectivity index (χ0v) is 12.6. The molecule has 4 heteroatoms. The number of hydrogen-bond donors (Lipinski definition) is 1. The van der Waals surface area contributed by atoms with Gasteiger partial charge in [-0.05, 0) is 30.9 Å². The zero-order chi connectivity index (χ0) is 14.4. The second-order valence-corrected chi connectivity index (χ2v) is 5.41. The smallest absolute Gasteiger partial charge is 0.0830 e. The molecule has 108 valence electrons. The first kappa shape index (κ1) is 14.7. The third-order valence-electron chi connectivity index (χ3n) is 3.52. The SMILES string of the molecule is CCCNC(c1ccccc1)C(C)Cc1cn(C)nn1. The average Bonchev–Trinajstić information content (AvgIpc) is 2.86. The van der Waals surface area contributed by atoms with E-state index in [0.717, 1.165) is 25.1 Å². The van der Waals surface area contributed by atoms with E-state index in [2.05, 4.69) is 59.8 Å². The van der Waals surface area contributed by atoms with Crippen LogP contribution in [0.2, 0.25) is 0 Å². The maximum absolute atomic E-state index is 4.20. The van der Waals surface area contributed by atoms with Crippen molar-refractivity contribution < 1.29 is 0 Å². The van der Waals surface area contributed by atoms with Crippen LogP contribution in [0.5, 0.6) is 0 Å². The van der Waals surface area contributed by atoms with Crippen LogP contribution in [0.3, 0.4) is 0 Å². The van der Waals surface area contributed by atoms with Gasteiger partial charge in [0.1, 0.15) is 0 Å². The molecule has 0 fully saturated rings. The summed E-state index contributed by atoms with van der Waals surface area (Å²) in [6.45, 7) is 5.50. The third kappa shape index (κ3) is 3.90. The maximum atomic E-state index is 4.20. The summed E-state index contributed by atoms with van der Waals surface area (Å²) < 4.78 is 1.76. The van der Waals surface area contributed by atoms with Crippen molar-refractivity contribution in [2.45, 2.75) is 32.7 Å². The van der Waals surface area contributed by atoms with E-state index >= 15 is 0 Å². The van der Waals surface area contributed by atoms with Crippen LogP contribution in [-0.2, 0) is 13.5 Å². The summed E-state index contributed by atoms with van der Waals surface area (Å²) in [5, 5.41) is 11.9. The van der Waals surface area contributed by atoms with Crippen LogP contribution in [-0.4, -0.2) is 21.5 Å². The van der Waals surface area contributed by atoms with Gasteiger partial charge in [-0.2, -0.15) is 0 Å². The molecular weight excluding hydrogens is 248 g/mol. The van der Waals surface area contributed by atoms with Gasteiger partial charge in [-0.3, -0.25) is 4.68 Å². The monoisotopic (exact) mass is 272 g/mol. The molecule has 4 nitrogen and oxygen atoms in total. The van der Waals surface area contributed by atoms with E-state index in [4.69, 9.17) is 0 Å². The summed E-state index contributed by atoms with van der Waals surface area (Å²) >= 11 is 0. The summed E-state index contributed by atoms with van der Waals surface area (Å²) in [5.74, 6) is 0.473. The molecule has 2 aromatic rings. The molecule has 1 N–H and O–H groups in total. The van der Waals surface area contributed by atoms with Crippen molar-refractivity contribution in [1.29, 1.82) is 0 Å². The van der Waals surface area contributed by atoms with Crippen molar-refractivity contribution in [2.75, 3.05) is 6.54 Å². The van der Waals surface area contributed by atoms with Gasteiger partial charge in [-0.15, -0.1) is 5.10 Å². The molecule has 2 atom stereocenters. The van der Waals surface area contributed by atoms with Crippen LogP contribution in [0, 0.1) is 5.92 Å². The zero-order valence-electron chi connectivity index (χ0n) is 12.6. The van der Waals surface area contributed by atoms with Gasteiger partial charge in [0.25, 0.3) is 0 Å². The Hall–Kier alpha value is -1.68. The van der Waals surface area contributed by atoms with Crippen LogP contribution >= 0.6 is 0 Å². The highest BCUT2D eigenvalue weighted by molar-refractivity contribution is 5.20. The van der Waals surface area contributed by atoms with E-state index in [1.165, 1.54) is 5.56 Å². The first-order valence-electron chi connectivity index (χ1n) is 7.34. The Bertz CT molecular complexity index is 506. The van der Waals surface area contributed by atoms with Crippen molar-refractivity contribution >= 4 is 0 Å². The summed E-state index contributed by atoms with van der Waals surface area (Å²) in [6.07, 6.45) is 4.07. The van der Waals surface area contributed by atoms with E-state index in [0.29, 0.717) is 12.0 Å². The summed E-state index contributed by atoms with van der Waals surface area (Å²) in [4.78, 5) is 0. The predicted octanol–water partition coefficient (Wildman–Crippen LogP) is 2.73. The minimum Gasteiger partial charge on any atom is -0.310 e. The molecule has 0 amide bonds. The van der Waals surface area contributed by atoms with Crippen molar-refractivity contribution in [3.8, 4) is 0 Å². The number of nitrogens with one attached hydrogen (secondary N) is 1. The van der Waals surface area contributed by atoms with Gasteiger partial charge >= 0.3 is 0 Å². The molecule has 0 spiro atoms. The molecule has 2 rings (SSSR count). The van der Waals surface area contributed by atoms with Gasteiger partial charge < -0.3 is 5.32 Å². The largest absolute Gasteiger partial charge is 0.310 e. The summed E-state index contributed by atoms with van der Waals surface area (Å²) in [7, 11) is 1.91. The number of benzene rings is 1. The Balaban J connectivity index is 2.09. The average molecular weight is 272 g/mol. The summed E-state index contributed by atoms with van der Waals surface area (Å²) in [6, 6.07) is 11.0. The van der Waals surface area contributed by atoms with Gasteiger partial charge in [0.2, 0.25) is 0 Å². The molecule has 0 saturated heterocycles. The van der Waals surface area contributed by atoms with Crippen LogP contribution < -0.4 is 5.32 Å². The first-order chi connectivity index (χ1) is 9.70. The van der Waals surface area contributed by atoms with Crippen molar-refractivity contribution in [3.05, 3.63) is 47.8 Å². The highest BCUT2D eigenvalue weighted by Crippen LogP contribution is 2.24. The molecule has 1 heterocycles. The van der Waals surface area contributed by atoms with Gasteiger partial charge in [-0.25, -0.2) is 0 Å². The second-order valence-electron chi connectivity index (χ2n) is 5.41. The van der Waals surface area contributed by atoms with E-state index in [-0.39, 0.29) is 0 Å². The van der Waals surface area contributed by atoms with Gasteiger partial charge in [0.05, 0.1) is 5.69 Å². The number of rotatable bonds is 7. The fraction of sp³-hybridized carbons (Fsp3) is 0.500. The molecule has 0 aliphatic heterocycles. The number of aromatic nitrogens is 3. The molecular formula is C16H24N4. The Kier molecular flexibility index (Phi) is 5.30. The van der Waals surface area contributed by atoms with Crippen molar-refractivity contribution in [2.24, 2.45) is 13.0 Å². The van der Waals surface area contributed by atoms with Crippen molar-refractivity contribution in [3.63, 3.8) is 0 Å². The Morgan fingerprint density at radius 2 is 2.00 bits per heavy atom. The standard InChI is InChI=1S/C16H24N4/c1-4-10-17-16(14-8-6-5-7-9-14)13(2)11-15-12-20(3)19-18-15/h5-9,12-13,16-17H,4,10-11H2,1-3H3. The number of hydrogen-bond acceptors (Lipinski definition) is 3. The Morgan fingerprint density at radius 1 is 1.25 bits per heavy atom. The van der Waals surface area contributed by atoms with E-state index in [1.54, 1.807) is 4.68 Å². The molecule has 0 aliphatic carbocycles. The van der Waals surface area contributed by atoms with Crippen LogP contribution in [0.15, 0.2) is 36.5 Å². The summed E-state index contributed by atoms with van der Waals surface area (Å²) in [5.41, 5.74) is 2.40. The molecule has 1 aromatic heterocycles. The van der Waals surface area contributed by atoms with Crippen LogP contribution in [0.25, 0.3) is 0 Å². The highest BCUT2D eigenvalue weighted by atomic mass is 15.4. The molecule has 20 heavy (non-hydrogen) atoms. The number of aryl methyl sites for hydroxylation is 1. The lowest BCUT2D eigenvalue weighted by Crippen LogP contribution is -2.28. The van der Waals surface area contributed by atoms with Gasteiger partial charge in [0, 0.05) is 19.3 Å². The fourth-order valence-electron chi connectivity index (χ4n) is 2.54. The third-order valence-corrected chi connectivity index (χ3v) is 3.52. The minimum atomic E-state index is 0.359. The van der Waals surface area contributed by atoms with Crippen molar-refractivity contribution in [1.82, 2.24) is 20.3 Å². The van der Waals surface area contributed by atoms with Crippen LogP contribution in [0.1, 0.15) is 37.6 Å². The van der Waals surface area contributed by atoms with Gasteiger partial charge in [-0.1, -0.05) is 49.4 Å². The lowest BCUT2D eigenvalue weighted by atomic mass is 9.91. The Morgan fingerprint density at radius 3 is 2.60 bits per heavy atom. The molecule has 0 aliphatic rings. The topological polar surface area (TPSA) is 42.7 Å². The lowest BCUT2D eigenvalue weighted by molar-refractivity contribution is 0.382. The number of nitrogens with zero attached hydrogens (tertiary/aromatic N) is 3. The lowest BCUT2D eigenvalue weighted by Gasteiger charge is -2.25. The van der Waals surface area contributed by atoms with Crippen LogP contribution in [0.4, 0.5) is 0 Å². The molecule has 0 bridgehead atoms. The maximum Gasteiger partial charge on any atom is 0.0830 e. The molecule has 2 unspecified atom stereocenters. The molecule has 1 aromatic carbocycles. The van der Waals surface area contributed by atoms with E-state index in [1.807, 2.05) is 13.2 Å². The Labute approximate surface area is 121 Å².